The van der Waals surface area contributed by atoms with Crippen molar-refractivity contribution in [2.45, 2.75) is 0 Å². The van der Waals surface area contributed by atoms with Crippen molar-refractivity contribution < 1.29 is 14.3 Å². The average molecular weight is 310 g/mol. The van der Waals surface area contributed by atoms with Crippen molar-refractivity contribution in [3.8, 4) is 5.75 Å². The SMILES string of the molecule is COc1ccccc1C(=O)NCCN1C(=O)CSC1=S. The Morgan fingerprint density at radius 2 is 2.25 bits per heavy atom. The maximum atomic E-state index is 12.0. The second kappa shape index (κ2) is 6.71. The number of carbonyl (C=O) groups excluding carboxylic acids is 2. The Hall–Kier alpha value is -1.60. The number of amides is 2. The predicted molar refractivity (Wildman–Crippen MR) is 82.1 cm³/mol. The molecule has 0 atom stereocenters. The van der Waals surface area contributed by atoms with Crippen LogP contribution in [0.25, 0.3) is 0 Å². The summed E-state index contributed by atoms with van der Waals surface area (Å²) in [7, 11) is 1.52. The normalized spacial score (nSPS) is 14.6. The van der Waals surface area contributed by atoms with Gasteiger partial charge >= 0.3 is 0 Å². The number of para-hydroxylation sites is 1. The first-order valence-corrected chi connectivity index (χ1v) is 7.41. The van der Waals surface area contributed by atoms with Gasteiger partial charge < -0.3 is 10.1 Å². The first kappa shape index (κ1) is 14.8. The first-order valence-electron chi connectivity index (χ1n) is 6.02. The summed E-state index contributed by atoms with van der Waals surface area (Å²) in [5, 5.41) is 2.76. The lowest BCUT2D eigenvalue weighted by Gasteiger charge is -2.15. The third kappa shape index (κ3) is 3.29. The second-order valence-corrected chi connectivity index (χ2v) is 5.67. The third-order valence-electron chi connectivity index (χ3n) is 2.81. The highest BCUT2D eigenvalue weighted by Crippen LogP contribution is 2.19. The van der Waals surface area contributed by atoms with E-state index in [0.29, 0.717) is 34.5 Å². The Balaban J connectivity index is 1.89. The van der Waals surface area contributed by atoms with Gasteiger partial charge in [-0.1, -0.05) is 36.1 Å². The average Bonchev–Trinajstić information content (AvgIpc) is 2.78. The minimum Gasteiger partial charge on any atom is -0.496 e. The fourth-order valence-electron chi connectivity index (χ4n) is 1.81. The summed E-state index contributed by atoms with van der Waals surface area (Å²) < 4.78 is 5.70. The smallest absolute Gasteiger partial charge is 0.255 e. The highest BCUT2D eigenvalue weighted by atomic mass is 32.2. The van der Waals surface area contributed by atoms with Gasteiger partial charge in [-0.2, -0.15) is 0 Å². The van der Waals surface area contributed by atoms with Gasteiger partial charge in [-0.15, -0.1) is 0 Å². The predicted octanol–water partition coefficient (Wildman–Crippen LogP) is 1.29. The van der Waals surface area contributed by atoms with Gasteiger partial charge in [-0.25, -0.2) is 0 Å². The molecule has 0 radical (unpaired) electrons. The van der Waals surface area contributed by atoms with Crippen LogP contribution >= 0.6 is 24.0 Å². The highest BCUT2D eigenvalue weighted by Gasteiger charge is 2.26. The molecule has 1 saturated heterocycles. The van der Waals surface area contributed by atoms with E-state index in [9.17, 15) is 9.59 Å². The third-order valence-corrected chi connectivity index (χ3v) is 4.25. The molecule has 1 N–H and O–H groups in total. The molecular weight excluding hydrogens is 296 g/mol. The Morgan fingerprint density at radius 3 is 2.90 bits per heavy atom. The standard InChI is InChI=1S/C13H14N2O3S2/c1-18-10-5-3-2-4-9(10)12(17)14-6-7-15-11(16)8-20-13(15)19/h2-5H,6-8H2,1H3,(H,14,17). The Bertz CT molecular complexity index is 532. The van der Waals surface area contributed by atoms with Crippen molar-refractivity contribution in [3.05, 3.63) is 29.8 Å². The van der Waals surface area contributed by atoms with E-state index in [4.69, 9.17) is 17.0 Å². The molecule has 0 unspecified atom stereocenters. The molecule has 0 saturated carbocycles. The van der Waals surface area contributed by atoms with Gasteiger partial charge in [0.25, 0.3) is 5.91 Å². The zero-order valence-electron chi connectivity index (χ0n) is 10.9. The van der Waals surface area contributed by atoms with Crippen LogP contribution < -0.4 is 10.1 Å². The van der Waals surface area contributed by atoms with Crippen molar-refractivity contribution in [1.29, 1.82) is 0 Å². The molecule has 7 heteroatoms. The molecule has 1 fully saturated rings. The Morgan fingerprint density at radius 1 is 1.50 bits per heavy atom. The number of benzene rings is 1. The number of thioether (sulfide) groups is 1. The summed E-state index contributed by atoms with van der Waals surface area (Å²) in [5.74, 6) is 0.673. The van der Waals surface area contributed by atoms with Crippen LogP contribution in [0.15, 0.2) is 24.3 Å². The van der Waals surface area contributed by atoms with Crippen LogP contribution in [-0.2, 0) is 4.79 Å². The summed E-state index contributed by atoms with van der Waals surface area (Å²) >= 11 is 6.41. The number of hydrogen-bond acceptors (Lipinski definition) is 5. The molecule has 0 aromatic heterocycles. The zero-order chi connectivity index (χ0) is 14.5. The van der Waals surface area contributed by atoms with Crippen LogP contribution in [0.2, 0.25) is 0 Å². The van der Waals surface area contributed by atoms with Crippen LogP contribution in [0, 0.1) is 0 Å². The molecule has 1 aliphatic rings. The van der Waals surface area contributed by atoms with Crippen LogP contribution in [0.3, 0.4) is 0 Å². The minimum atomic E-state index is -0.229. The van der Waals surface area contributed by atoms with E-state index in [1.807, 2.05) is 0 Å². The summed E-state index contributed by atoms with van der Waals surface area (Å²) in [6, 6.07) is 6.99. The molecule has 0 spiro atoms. The molecule has 20 heavy (non-hydrogen) atoms. The molecule has 1 aromatic carbocycles. The fraction of sp³-hybridized carbons (Fsp3) is 0.308. The molecule has 1 aliphatic heterocycles. The van der Waals surface area contributed by atoms with E-state index >= 15 is 0 Å². The lowest BCUT2D eigenvalue weighted by Crippen LogP contribution is -2.37. The maximum Gasteiger partial charge on any atom is 0.255 e. The molecular formula is C13H14N2O3S2. The number of nitrogens with one attached hydrogen (secondary N) is 1. The van der Waals surface area contributed by atoms with Gasteiger partial charge in [0.15, 0.2) is 0 Å². The molecule has 2 rings (SSSR count). The molecule has 106 valence electrons. The largest absolute Gasteiger partial charge is 0.496 e. The van der Waals surface area contributed by atoms with E-state index in [1.165, 1.54) is 23.8 Å². The van der Waals surface area contributed by atoms with Gasteiger partial charge in [0.1, 0.15) is 10.1 Å². The highest BCUT2D eigenvalue weighted by molar-refractivity contribution is 8.23. The van der Waals surface area contributed by atoms with Gasteiger partial charge in [0, 0.05) is 13.1 Å². The van der Waals surface area contributed by atoms with E-state index in [0.717, 1.165) is 0 Å². The second-order valence-electron chi connectivity index (χ2n) is 4.06. The topological polar surface area (TPSA) is 58.6 Å². The van der Waals surface area contributed by atoms with E-state index in [2.05, 4.69) is 5.32 Å². The summed E-state index contributed by atoms with van der Waals surface area (Å²) in [4.78, 5) is 25.1. The Labute approximate surface area is 126 Å². The number of hydrogen-bond donors (Lipinski definition) is 1. The number of rotatable bonds is 5. The lowest BCUT2D eigenvalue weighted by molar-refractivity contribution is -0.123. The number of ether oxygens (including phenoxy) is 1. The van der Waals surface area contributed by atoms with Gasteiger partial charge in [-0.05, 0) is 12.1 Å². The summed E-state index contributed by atoms with van der Waals surface area (Å²) in [6.07, 6.45) is 0. The molecule has 1 aromatic rings. The minimum absolute atomic E-state index is 0.00783. The Kier molecular flexibility index (Phi) is 4.97. The van der Waals surface area contributed by atoms with Gasteiger partial charge in [0.2, 0.25) is 5.91 Å². The quantitative estimate of drug-likeness (QED) is 0.831. The van der Waals surface area contributed by atoms with Crippen LogP contribution in [-0.4, -0.2) is 47.0 Å². The van der Waals surface area contributed by atoms with E-state index < -0.39 is 0 Å². The number of nitrogens with zero attached hydrogens (tertiary/aromatic N) is 1. The number of thiocarbonyl (C=S) groups is 1. The first-order chi connectivity index (χ1) is 9.63. The molecule has 2 amide bonds. The molecule has 0 aliphatic carbocycles. The molecule has 0 bridgehead atoms. The van der Waals surface area contributed by atoms with Gasteiger partial charge in [0.05, 0.1) is 18.4 Å². The maximum absolute atomic E-state index is 12.0. The van der Waals surface area contributed by atoms with E-state index in [1.54, 1.807) is 24.3 Å². The van der Waals surface area contributed by atoms with Crippen molar-refractivity contribution in [1.82, 2.24) is 10.2 Å². The summed E-state index contributed by atoms with van der Waals surface area (Å²) in [5.41, 5.74) is 0.472. The number of methoxy groups -OCH3 is 1. The van der Waals surface area contributed by atoms with Gasteiger partial charge in [-0.3, -0.25) is 14.5 Å². The van der Waals surface area contributed by atoms with Crippen molar-refractivity contribution in [2.75, 3.05) is 26.0 Å². The van der Waals surface area contributed by atoms with Crippen LogP contribution in [0.4, 0.5) is 0 Å². The lowest BCUT2D eigenvalue weighted by atomic mass is 10.2. The molecule has 1 heterocycles. The van der Waals surface area contributed by atoms with Crippen LogP contribution in [0.1, 0.15) is 10.4 Å². The van der Waals surface area contributed by atoms with Crippen molar-refractivity contribution in [2.24, 2.45) is 0 Å². The van der Waals surface area contributed by atoms with E-state index in [-0.39, 0.29) is 11.8 Å². The summed E-state index contributed by atoms with van der Waals surface area (Å²) in [6.45, 7) is 0.745. The molecule has 5 nitrogen and oxygen atoms in total. The zero-order valence-corrected chi connectivity index (χ0v) is 12.6. The number of carbonyl (C=O) groups is 2. The monoisotopic (exact) mass is 310 g/mol. The van der Waals surface area contributed by atoms with Crippen molar-refractivity contribution in [3.63, 3.8) is 0 Å². The van der Waals surface area contributed by atoms with Crippen LogP contribution in [0.5, 0.6) is 5.75 Å². The fourth-order valence-corrected chi connectivity index (χ4v) is 2.93. The van der Waals surface area contributed by atoms with Crippen molar-refractivity contribution >= 4 is 40.1 Å².